The van der Waals surface area contributed by atoms with Crippen molar-refractivity contribution in [2.75, 3.05) is 13.2 Å². The lowest BCUT2D eigenvalue weighted by molar-refractivity contribution is 0.142. The first-order valence-electron chi connectivity index (χ1n) is 8.75. The van der Waals surface area contributed by atoms with E-state index in [1.54, 1.807) is 0 Å². The van der Waals surface area contributed by atoms with E-state index >= 15 is 0 Å². The minimum atomic E-state index is -0.308. The van der Waals surface area contributed by atoms with Crippen LogP contribution in [0.3, 0.4) is 0 Å². The SMILES string of the molecule is O=C(NC[C@@H]1[CH]CCC1)OCC1c2ccccc2-c2ccccc21. The summed E-state index contributed by atoms with van der Waals surface area (Å²) in [4.78, 5) is 12.0. The Morgan fingerprint density at radius 1 is 1.04 bits per heavy atom. The molecule has 2 aliphatic rings. The maximum absolute atomic E-state index is 12.0. The Labute approximate surface area is 143 Å². The van der Waals surface area contributed by atoms with Crippen molar-refractivity contribution in [2.24, 2.45) is 5.92 Å². The number of carbonyl (C=O) groups is 1. The highest BCUT2D eigenvalue weighted by atomic mass is 16.5. The molecule has 1 N–H and O–H groups in total. The van der Waals surface area contributed by atoms with Crippen molar-refractivity contribution < 1.29 is 9.53 Å². The molecule has 3 nitrogen and oxygen atoms in total. The molecule has 1 saturated carbocycles. The summed E-state index contributed by atoms with van der Waals surface area (Å²) in [5.41, 5.74) is 5.00. The summed E-state index contributed by atoms with van der Waals surface area (Å²) in [6, 6.07) is 16.8. The Hall–Kier alpha value is -2.29. The molecule has 2 aromatic rings. The predicted octanol–water partition coefficient (Wildman–Crippen LogP) is 4.53. The molecule has 0 bridgehead atoms. The van der Waals surface area contributed by atoms with Gasteiger partial charge in [0.15, 0.2) is 0 Å². The smallest absolute Gasteiger partial charge is 0.407 e. The van der Waals surface area contributed by atoms with Gasteiger partial charge in [-0.1, -0.05) is 55.0 Å². The second-order valence-corrected chi connectivity index (χ2v) is 6.63. The van der Waals surface area contributed by atoms with Crippen LogP contribution >= 0.6 is 0 Å². The molecule has 1 atom stereocenters. The number of amides is 1. The molecule has 24 heavy (non-hydrogen) atoms. The van der Waals surface area contributed by atoms with Crippen molar-refractivity contribution in [1.82, 2.24) is 5.32 Å². The topological polar surface area (TPSA) is 38.3 Å². The molecule has 3 heteroatoms. The lowest BCUT2D eigenvalue weighted by Crippen LogP contribution is -2.30. The van der Waals surface area contributed by atoms with Crippen LogP contribution in [0.1, 0.15) is 36.3 Å². The van der Waals surface area contributed by atoms with E-state index in [0.29, 0.717) is 19.1 Å². The molecule has 0 aliphatic heterocycles. The summed E-state index contributed by atoms with van der Waals surface area (Å²) in [7, 11) is 0. The minimum Gasteiger partial charge on any atom is -0.449 e. The van der Waals surface area contributed by atoms with Gasteiger partial charge in [0.1, 0.15) is 6.61 Å². The third-order valence-electron chi connectivity index (χ3n) is 5.13. The van der Waals surface area contributed by atoms with E-state index in [2.05, 4.69) is 48.1 Å². The Morgan fingerprint density at radius 3 is 2.33 bits per heavy atom. The van der Waals surface area contributed by atoms with Gasteiger partial charge in [-0.15, -0.1) is 0 Å². The number of hydrogen-bond acceptors (Lipinski definition) is 2. The quantitative estimate of drug-likeness (QED) is 0.899. The number of benzene rings is 2. The van der Waals surface area contributed by atoms with E-state index in [9.17, 15) is 4.79 Å². The lowest BCUT2D eigenvalue weighted by atomic mass is 9.98. The van der Waals surface area contributed by atoms with Crippen LogP contribution in [0.4, 0.5) is 4.79 Å². The summed E-state index contributed by atoms with van der Waals surface area (Å²) in [5, 5.41) is 2.90. The fourth-order valence-corrected chi connectivity index (χ4v) is 3.90. The van der Waals surface area contributed by atoms with Crippen LogP contribution in [-0.4, -0.2) is 19.2 Å². The number of rotatable bonds is 4. The van der Waals surface area contributed by atoms with Gasteiger partial charge in [0, 0.05) is 12.5 Å². The van der Waals surface area contributed by atoms with Crippen molar-refractivity contribution in [3.8, 4) is 11.1 Å². The van der Waals surface area contributed by atoms with Crippen LogP contribution in [0.25, 0.3) is 11.1 Å². The number of carbonyl (C=O) groups excluding carboxylic acids is 1. The van der Waals surface area contributed by atoms with Gasteiger partial charge < -0.3 is 10.1 Å². The Kier molecular flexibility index (Phi) is 4.24. The van der Waals surface area contributed by atoms with E-state index in [4.69, 9.17) is 4.74 Å². The Balaban J connectivity index is 1.42. The van der Waals surface area contributed by atoms with Crippen LogP contribution in [-0.2, 0) is 4.74 Å². The summed E-state index contributed by atoms with van der Waals surface area (Å²) in [6.07, 6.45) is 5.55. The average Bonchev–Trinajstić information content (AvgIpc) is 3.25. The lowest BCUT2D eigenvalue weighted by Gasteiger charge is -2.15. The van der Waals surface area contributed by atoms with Gasteiger partial charge in [-0.05, 0) is 47.4 Å². The van der Waals surface area contributed by atoms with Gasteiger partial charge in [0.2, 0.25) is 0 Å². The normalized spacial score (nSPS) is 16.7. The van der Waals surface area contributed by atoms with E-state index < -0.39 is 0 Å². The molecule has 2 aliphatic carbocycles. The highest BCUT2D eigenvalue weighted by Crippen LogP contribution is 2.44. The number of hydrogen-bond donors (Lipinski definition) is 1. The summed E-state index contributed by atoms with van der Waals surface area (Å²) in [6.45, 7) is 1.07. The fourth-order valence-electron chi connectivity index (χ4n) is 3.90. The first-order valence-corrected chi connectivity index (χ1v) is 8.75. The van der Waals surface area contributed by atoms with Crippen LogP contribution in [0.2, 0.25) is 0 Å². The molecule has 0 spiro atoms. The molecule has 4 rings (SSSR count). The zero-order valence-electron chi connectivity index (χ0n) is 13.7. The number of ether oxygens (including phenoxy) is 1. The van der Waals surface area contributed by atoms with Gasteiger partial charge in [0.25, 0.3) is 0 Å². The van der Waals surface area contributed by atoms with Gasteiger partial charge in [-0.25, -0.2) is 4.79 Å². The largest absolute Gasteiger partial charge is 0.449 e. The molecule has 1 fully saturated rings. The van der Waals surface area contributed by atoms with E-state index in [-0.39, 0.29) is 12.0 Å². The molecule has 0 unspecified atom stereocenters. The maximum atomic E-state index is 12.0. The molecule has 0 heterocycles. The van der Waals surface area contributed by atoms with Crippen LogP contribution in [0.5, 0.6) is 0 Å². The summed E-state index contributed by atoms with van der Waals surface area (Å²) >= 11 is 0. The van der Waals surface area contributed by atoms with Gasteiger partial charge in [-0.3, -0.25) is 0 Å². The molecule has 0 saturated heterocycles. The Bertz CT molecular complexity index is 689. The monoisotopic (exact) mass is 320 g/mol. The first kappa shape index (κ1) is 15.3. The fraction of sp³-hybridized carbons (Fsp3) is 0.333. The molecular formula is C21H22NO2. The van der Waals surface area contributed by atoms with Crippen molar-refractivity contribution >= 4 is 6.09 Å². The molecule has 1 radical (unpaired) electrons. The van der Waals surface area contributed by atoms with Crippen molar-refractivity contribution in [3.63, 3.8) is 0 Å². The number of alkyl carbamates (subject to hydrolysis) is 1. The zero-order valence-corrected chi connectivity index (χ0v) is 13.7. The van der Waals surface area contributed by atoms with Crippen molar-refractivity contribution in [1.29, 1.82) is 0 Å². The summed E-state index contributed by atoms with van der Waals surface area (Å²) in [5.74, 6) is 0.631. The van der Waals surface area contributed by atoms with Crippen LogP contribution in [0.15, 0.2) is 48.5 Å². The molecule has 123 valence electrons. The van der Waals surface area contributed by atoms with Crippen LogP contribution in [0, 0.1) is 12.3 Å². The zero-order chi connectivity index (χ0) is 16.4. The molecular weight excluding hydrogens is 298 g/mol. The molecule has 2 aromatic carbocycles. The second kappa shape index (κ2) is 6.68. The average molecular weight is 320 g/mol. The second-order valence-electron chi connectivity index (χ2n) is 6.63. The number of nitrogens with one attached hydrogen (secondary N) is 1. The van der Waals surface area contributed by atoms with E-state index in [0.717, 1.165) is 6.42 Å². The van der Waals surface area contributed by atoms with Crippen LogP contribution < -0.4 is 5.32 Å². The Morgan fingerprint density at radius 2 is 1.71 bits per heavy atom. The third kappa shape index (κ3) is 2.91. The standard InChI is InChI=1S/C21H22NO2/c23-21(22-13-15-7-1-2-8-15)24-14-20-18-11-5-3-9-16(18)17-10-4-6-12-19(17)20/h3-7,9-12,15,20H,1-2,8,13-14H2,(H,22,23)/t15-/m1/s1. The van der Waals surface area contributed by atoms with Gasteiger partial charge in [0.05, 0.1) is 0 Å². The predicted molar refractivity (Wildman–Crippen MR) is 94.7 cm³/mol. The summed E-state index contributed by atoms with van der Waals surface area (Å²) < 4.78 is 5.54. The third-order valence-corrected chi connectivity index (χ3v) is 5.13. The van der Waals surface area contributed by atoms with E-state index in [1.165, 1.54) is 35.1 Å². The van der Waals surface area contributed by atoms with Crippen molar-refractivity contribution in [2.45, 2.75) is 25.2 Å². The van der Waals surface area contributed by atoms with Gasteiger partial charge in [-0.2, -0.15) is 0 Å². The van der Waals surface area contributed by atoms with E-state index in [1.807, 2.05) is 12.1 Å². The highest BCUT2D eigenvalue weighted by Gasteiger charge is 2.29. The highest BCUT2D eigenvalue weighted by molar-refractivity contribution is 5.79. The minimum absolute atomic E-state index is 0.126. The first-order chi connectivity index (χ1) is 11.8. The van der Waals surface area contributed by atoms with Gasteiger partial charge >= 0.3 is 6.09 Å². The number of fused-ring (bicyclic) bond motifs is 3. The maximum Gasteiger partial charge on any atom is 0.407 e. The molecule has 0 aromatic heterocycles. The molecule has 1 amide bonds. The van der Waals surface area contributed by atoms with Crippen molar-refractivity contribution in [3.05, 3.63) is 66.1 Å².